The van der Waals surface area contributed by atoms with E-state index < -0.39 is 32.7 Å². The Morgan fingerprint density at radius 1 is 0.500 bits per heavy atom. The fraction of sp³-hybridized carbons (Fsp3) is 0.944. The fourth-order valence-electron chi connectivity index (χ4n) is 6.60. The minimum absolute atomic E-state index is 0. The van der Waals surface area contributed by atoms with Crippen molar-refractivity contribution in [1.29, 1.82) is 0 Å². The molecule has 7 nitrogen and oxygen atoms in total. The van der Waals surface area contributed by atoms with E-state index in [1.54, 1.807) is 0 Å². The molecule has 0 saturated carbocycles. The normalized spacial score (nSPS) is 12.3. The van der Waals surface area contributed by atoms with Crippen LogP contribution in [-0.4, -0.2) is 30.2 Å². The van der Waals surface area contributed by atoms with Gasteiger partial charge in [-0.2, -0.15) is 8.42 Å². The zero-order chi connectivity index (χ0) is 32.9. The Morgan fingerprint density at radius 2 is 0.717 bits per heavy atom. The van der Waals surface area contributed by atoms with Crippen molar-refractivity contribution in [2.75, 3.05) is 0 Å². The zero-order valence-corrected chi connectivity index (χ0v) is 35.4. The van der Waals surface area contributed by atoms with Gasteiger partial charge in [0.15, 0.2) is 0 Å². The van der Waals surface area contributed by atoms with Gasteiger partial charge in [0.25, 0.3) is 10.1 Å². The van der Waals surface area contributed by atoms with Crippen LogP contribution < -0.4 is 69.3 Å². The molecule has 0 aromatic heterocycles. The summed E-state index contributed by atoms with van der Waals surface area (Å²) >= 11 is 0. The van der Waals surface area contributed by atoms with Gasteiger partial charge in [-0.3, -0.25) is 4.55 Å². The molecule has 0 amide bonds. The molecule has 0 bridgehead atoms. The van der Waals surface area contributed by atoms with Crippen LogP contribution in [-0.2, 0) is 19.7 Å². The van der Waals surface area contributed by atoms with Crippen molar-refractivity contribution >= 4 is 22.1 Å². The summed E-state index contributed by atoms with van der Waals surface area (Å²) in [5.41, 5.74) is -2.19. The molecule has 262 valence electrons. The minimum atomic E-state index is -5.19. The van der Waals surface area contributed by atoms with Crippen LogP contribution in [0.5, 0.6) is 0 Å². The van der Waals surface area contributed by atoms with Gasteiger partial charge < -0.3 is 19.8 Å². The maximum Gasteiger partial charge on any atom is 1.00 e. The van der Waals surface area contributed by atoms with E-state index in [4.69, 9.17) is 0 Å². The van der Waals surface area contributed by atoms with Gasteiger partial charge in [0.1, 0.15) is 5.25 Å². The van der Waals surface area contributed by atoms with Crippen LogP contribution in [0.4, 0.5) is 0 Å². The summed E-state index contributed by atoms with van der Waals surface area (Å²) < 4.78 is 33.8. The Labute approximate surface area is 328 Å². The third-order valence-electron chi connectivity index (χ3n) is 9.37. The third-order valence-corrected chi connectivity index (χ3v) is 10.6. The van der Waals surface area contributed by atoms with Crippen molar-refractivity contribution in [2.45, 2.75) is 212 Å². The predicted octanol–water partition coefficient (Wildman–Crippen LogP) is 2.48. The van der Waals surface area contributed by atoms with E-state index in [9.17, 15) is 32.8 Å². The molecule has 0 aromatic rings. The molecule has 0 radical (unpaired) electrons. The number of carboxylic acids is 2. The maximum atomic E-state index is 12.4. The molecule has 0 aliphatic heterocycles. The van der Waals surface area contributed by atoms with Gasteiger partial charge in [0.2, 0.25) is 0 Å². The molecule has 1 unspecified atom stereocenters. The Kier molecular flexibility index (Phi) is 38.2. The number of hydrogen-bond donors (Lipinski definition) is 1. The molecule has 1 atom stereocenters. The van der Waals surface area contributed by atoms with Crippen LogP contribution in [0, 0.1) is 5.41 Å². The van der Waals surface area contributed by atoms with Crippen molar-refractivity contribution in [2.24, 2.45) is 5.41 Å². The number of hydrogen-bond acceptors (Lipinski definition) is 6. The summed E-state index contributed by atoms with van der Waals surface area (Å²) in [5.74, 6) is -3.80. The Hall–Kier alpha value is 0.850. The molecule has 0 fully saturated rings. The van der Waals surface area contributed by atoms with E-state index in [0.717, 1.165) is 38.5 Å². The van der Waals surface area contributed by atoms with Crippen LogP contribution in [0.3, 0.4) is 0 Å². The minimum Gasteiger partial charge on any atom is -0.549 e. The molecule has 10 heteroatoms. The Balaban J connectivity index is -0.00000924. The molecule has 0 heterocycles. The van der Waals surface area contributed by atoms with Crippen molar-refractivity contribution in [1.82, 2.24) is 0 Å². The molecule has 1 N–H and O–H groups in total. The monoisotopic (exact) mass is 690 g/mol. The first-order chi connectivity index (χ1) is 21.1. The van der Waals surface area contributed by atoms with Gasteiger partial charge in [-0.15, -0.1) is 0 Å². The molecular weight excluding hydrogens is 622 g/mol. The van der Waals surface area contributed by atoms with Crippen molar-refractivity contribution in [3.63, 3.8) is 0 Å². The second kappa shape index (κ2) is 34.3. The van der Waals surface area contributed by atoms with E-state index in [1.165, 1.54) is 116 Å². The van der Waals surface area contributed by atoms with Crippen LogP contribution in [0.2, 0.25) is 0 Å². The van der Waals surface area contributed by atoms with Crippen molar-refractivity contribution in [3.05, 3.63) is 0 Å². The largest absolute Gasteiger partial charge is 1.00 e. The Morgan fingerprint density at radius 3 is 0.891 bits per heavy atom. The molecule has 0 spiro atoms. The molecule has 0 saturated heterocycles. The second-order valence-electron chi connectivity index (χ2n) is 13.4. The number of carboxylic acid groups (broad SMARTS) is 2. The summed E-state index contributed by atoms with van der Waals surface area (Å²) in [7, 11) is -5.19. The number of rotatable bonds is 34. The summed E-state index contributed by atoms with van der Waals surface area (Å²) in [6.45, 7) is 4.45. The maximum absolute atomic E-state index is 12.4. The standard InChI is InChI=1S/C36H70O7S.2Na/c1-3-5-7-9-11-13-15-17-19-21-23-25-27-29-31-36(35(39)40,33(34(37)38)44(41,42)43)32-30-28-26-24-22-20-18-16-14-12-10-8-6-4-2;;/h33H,3-32H2,1-2H3,(H,37,38)(H,39,40)(H,41,42,43);;/q;2*+1/p-2. The van der Waals surface area contributed by atoms with Gasteiger partial charge in [0, 0.05) is 11.4 Å². The van der Waals surface area contributed by atoms with E-state index in [-0.39, 0.29) is 72.0 Å². The van der Waals surface area contributed by atoms with Gasteiger partial charge in [0.05, 0.1) is 5.97 Å². The quantitative estimate of drug-likeness (QED) is 0.0623. The summed E-state index contributed by atoms with van der Waals surface area (Å²) in [5, 5.41) is 21.7. The number of carbonyl (C=O) groups is 2. The van der Waals surface area contributed by atoms with Crippen molar-refractivity contribution < 1.29 is 91.9 Å². The number of aliphatic carboxylic acids is 2. The summed E-state index contributed by atoms with van der Waals surface area (Å²) in [6.07, 6.45) is 30.8. The number of carbonyl (C=O) groups excluding carboxylic acids is 2. The molecular formula is C36H68Na2O7S. The van der Waals surface area contributed by atoms with Gasteiger partial charge >= 0.3 is 59.1 Å². The number of unbranched alkanes of at least 4 members (excludes halogenated alkanes) is 26. The first-order valence-corrected chi connectivity index (χ1v) is 20.0. The fourth-order valence-corrected chi connectivity index (χ4v) is 7.75. The first-order valence-electron chi connectivity index (χ1n) is 18.5. The van der Waals surface area contributed by atoms with Crippen LogP contribution in [0.1, 0.15) is 206 Å². The zero-order valence-electron chi connectivity index (χ0n) is 30.6. The van der Waals surface area contributed by atoms with E-state index >= 15 is 0 Å². The molecule has 0 aromatic carbocycles. The average Bonchev–Trinajstić information content (AvgIpc) is 2.96. The van der Waals surface area contributed by atoms with E-state index in [1.807, 2.05) is 0 Å². The summed E-state index contributed by atoms with van der Waals surface area (Å²) in [4.78, 5) is 24.2. The molecule has 0 rings (SSSR count). The van der Waals surface area contributed by atoms with Crippen LogP contribution in [0.25, 0.3) is 0 Å². The SMILES string of the molecule is CCCCCCCCCCCCCCCCC(CCCCCCCCCCCCCCCC)(C(=O)[O-])C(C(=O)[O-])S(=O)(=O)O.[Na+].[Na+]. The average molecular weight is 691 g/mol. The topological polar surface area (TPSA) is 135 Å². The smallest absolute Gasteiger partial charge is 0.549 e. The van der Waals surface area contributed by atoms with E-state index in [0.29, 0.717) is 25.7 Å². The molecule has 0 aliphatic carbocycles. The van der Waals surface area contributed by atoms with Crippen LogP contribution >= 0.6 is 0 Å². The molecule has 46 heavy (non-hydrogen) atoms. The van der Waals surface area contributed by atoms with Gasteiger partial charge in [-0.25, -0.2) is 0 Å². The van der Waals surface area contributed by atoms with Crippen molar-refractivity contribution in [3.8, 4) is 0 Å². The molecule has 0 aliphatic rings. The summed E-state index contributed by atoms with van der Waals surface area (Å²) in [6, 6.07) is 0. The van der Waals surface area contributed by atoms with E-state index in [2.05, 4.69) is 13.8 Å². The Bertz CT molecular complexity index is 776. The third kappa shape index (κ3) is 26.7. The first kappa shape index (κ1) is 51.2. The second-order valence-corrected chi connectivity index (χ2v) is 14.9. The predicted molar refractivity (Wildman–Crippen MR) is 178 cm³/mol. The van der Waals surface area contributed by atoms with Gasteiger partial charge in [-0.1, -0.05) is 194 Å². The van der Waals surface area contributed by atoms with Crippen LogP contribution in [0.15, 0.2) is 0 Å². The van der Waals surface area contributed by atoms with Gasteiger partial charge in [-0.05, 0) is 12.8 Å².